The van der Waals surface area contributed by atoms with Crippen LogP contribution in [0.5, 0.6) is 0 Å². The van der Waals surface area contributed by atoms with E-state index in [2.05, 4.69) is 9.97 Å². The zero-order valence-electron chi connectivity index (χ0n) is 10.1. The van der Waals surface area contributed by atoms with Gasteiger partial charge in [-0.05, 0) is 18.2 Å². The summed E-state index contributed by atoms with van der Waals surface area (Å²) >= 11 is 0. The van der Waals surface area contributed by atoms with Gasteiger partial charge in [0, 0.05) is 11.8 Å². The zero-order valence-corrected chi connectivity index (χ0v) is 10.1. The highest BCUT2D eigenvalue weighted by Crippen LogP contribution is 2.17. The van der Waals surface area contributed by atoms with E-state index in [1.54, 1.807) is 35.0 Å². The van der Waals surface area contributed by atoms with E-state index < -0.39 is 0 Å². The van der Waals surface area contributed by atoms with Crippen molar-refractivity contribution in [2.24, 2.45) is 0 Å². The van der Waals surface area contributed by atoms with E-state index in [-0.39, 0.29) is 12.4 Å². The van der Waals surface area contributed by atoms with Gasteiger partial charge in [-0.2, -0.15) is 0 Å². The normalized spacial score (nSPS) is 11.1. The minimum Gasteiger partial charge on any atom is -0.388 e. The Hall–Kier alpha value is -2.27. The maximum absolute atomic E-state index is 13.7. The van der Waals surface area contributed by atoms with E-state index in [1.807, 2.05) is 6.07 Å². The van der Waals surface area contributed by atoms with Crippen LogP contribution in [0.1, 0.15) is 11.4 Å². The molecule has 0 aliphatic rings. The average Bonchev–Trinajstić information content (AvgIpc) is 2.79. The smallest absolute Gasteiger partial charge is 0.160 e. The van der Waals surface area contributed by atoms with Crippen LogP contribution in [0.3, 0.4) is 0 Å². The van der Waals surface area contributed by atoms with E-state index in [0.717, 1.165) is 0 Å². The molecule has 1 aromatic carbocycles. The molecule has 5 heteroatoms. The number of aliphatic hydroxyl groups excluding tert-OH is 1. The Morgan fingerprint density at radius 2 is 2.00 bits per heavy atom. The fraction of sp³-hybridized carbons (Fsp3) is 0.143. The molecular weight excluding hydrogens is 245 g/mol. The third-order valence-electron chi connectivity index (χ3n) is 3.01. The van der Waals surface area contributed by atoms with Gasteiger partial charge in [0.05, 0.1) is 6.54 Å². The summed E-state index contributed by atoms with van der Waals surface area (Å²) in [6.07, 6.45) is 1.66. The first kappa shape index (κ1) is 11.8. The number of aromatic nitrogens is 3. The van der Waals surface area contributed by atoms with Gasteiger partial charge in [-0.15, -0.1) is 0 Å². The maximum Gasteiger partial charge on any atom is 0.160 e. The van der Waals surface area contributed by atoms with Crippen LogP contribution in [0.25, 0.3) is 11.2 Å². The van der Waals surface area contributed by atoms with Crippen molar-refractivity contribution in [1.29, 1.82) is 0 Å². The predicted molar refractivity (Wildman–Crippen MR) is 69.0 cm³/mol. The number of fused-ring (bicyclic) bond motifs is 1. The van der Waals surface area contributed by atoms with E-state index >= 15 is 0 Å². The zero-order chi connectivity index (χ0) is 13.2. The maximum atomic E-state index is 13.7. The molecule has 0 aliphatic carbocycles. The Labute approximate surface area is 109 Å². The summed E-state index contributed by atoms with van der Waals surface area (Å²) in [7, 11) is 0. The minimum atomic E-state index is -0.274. The van der Waals surface area contributed by atoms with Crippen LogP contribution in [0.2, 0.25) is 0 Å². The average molecular weight is 257 g/mol. The number of imidazole rings is 1. The molecule has 0 atom stereocenters. The molecule has 0 unspecified atom stereocenters. The molecule has 19 heavy (non-hydrogen) atoms. The summed E-state index contributed by atoms with van der Waals surface area (Å²) in [6, 6.07) is 10.2. The van der Waals surface area contributed by atoms with Crippen molar-refractivity contribution in [3.8, 4) is 0 Å². The van der Waals surface area contributed by atoms with E-state index in [4.69, 9.17) is 0 Å². The molecule has 2 aromatic heterocycles. The highest BCUT2D eigenvalue weighted by atomic mass is 19.1. The molecule has 1 N–H and O–H groups in total. The molecule has 3 aromatic rings. The summed E-state index contributed by atoms with van der Waals surface area (Å²) in [5.41, 5.74) is 1.89. The molecule has 3 rings (SSSR count). The largest absolute Gasteiger partial charge is 0.388 e. The molecule has 4 nitrogen and oxygen atoms in total. The number of hydrogen-bond acceptors (Lipinski definition) is 3. The van der Waals surface area contributed by atoms with Gasteiger partial charge in [0.15, 0.2) is 5.65 Å². The van der Waals surface area contributed by atoms with Crippen LogP contribution < -0.4 is 0 Å². The molecule has 0 bridgehead atoms. The van der Waals surface area contributed by atoms with Crippen LogP contribution in [0, 0.1) is 5.82 Å². The summed E-state index contributed by atoms with van der Waals surface area (Å²) < 4.78 is 15.4. The van der Waals surface area contributed by atoms with Crippen LogP contribution in [0.4, 0.5) is 4.39 Å². The first-order chi connectivity index (χ1) is 9.29. The summed E-state index contributed by atoms with van der Waals surface area (Å²) in [5.74, 6) is 0.209. The van der Waals surface area contributed by atoms with Gasteiger partial charge in [-0.25, -0.2) is 14.4 Å². The van der Waals surface area contributed by atoms with Crippen molar-refractivity contribution < 1.29 is 9.50 Å². The Morgan fingerprint density at radius 3 is 2.79 bits per heavy atom. The summed E-state index contributed by atoms with van der Waals surface area (Å²) in [5, 5.41) is 9.36. The van der Waals surface area contributed by atoms with Gasteiger partial charge in [0.2, 0.25) is 0 Å². The molecule has 2 heterocycles. The SMILES string of the molecule is OCc1nc2cccnc2n1Cc1ccccc1F. The van der Waals surface area contributed by atoms with Crippen LogP contribution >= 0.6 is 0 Å². The lowest BCUT2D eigenvalue weighted by atomic mass is 10.2. The topological polar surface area (TPSA) is 50.9 Å². The standard InChI is InChI=1S/C14H12FN3O/c15-11-5-2-1-4-10(11)8-18-13(9-19)17-12-6-3-7-16-14(12)18/h1-7,19H,8-9H2. The molecule has 0 amide bonds. The van der Waals surface area contributed by atoms with E-state index in [9.17, 15) is 9.50 Å². The highest BCUT2D eigenvalue weighted by Gasteiger charge is 2.12. The number of benzene rings is 1. The van der Waals surface area contributed by atoms with Gasteiger partial charge in [-0.1, -0.05) is 18.2 Å². The van der Waals surface area contributed by atoms with Crippen LogP contribution in [0.15, 0.2) is 42.6 Å². The molecular formula is C14H12FN3O. The number of hydrogen-bond donors (Lipinski definition) is 1. The van der Waals surface area contributed by atoms with Crippen molar-refractivity contribution in [2.75, 3.05) is 0 Å². The van der Waals surface area contributed by atoms with Crippen molar-refractivity contribution >= 4 is 11.2 Å². The van der Waals surface area contributed by atoms with Crippen LogP contribution in [-0.2, 0) is 13.2 Å². The highest BCUT2D eigenvalue weighted by molar-refractivity contribution is 5.71. The molecule has 0 aliphatic heterocycles. The number of aliphatic hydroxyl groups is 1. The van der Waals surface area contributed by atoms with Crippen molar-refractivity contribution in [3.63, 3.8) is 0 Å². The quantitative estimate of drug-likeness (QED) is 0.781. The number of nitrogens with zero attached hydrogens (tertiary/aromatic N) is 3. The fourth-order valence-electron chi connectivity index (χ4n) is 2.09. The molecule has 0 spiro atoms. The Balaban J connectivity index is 2.12. The first-order valence-electron chi connectivity index (χ1n) is 5.94. The molecule has 0 saturated carbocycles. The third kappa shape index (κ3) is 2.08. The Bertz CT molecular complexity index is 724. The second-order valence-corrected chi connectivity index (χ2v) is 4.21. The van der Waals surface area contributed by atoms with Gasteiger partial charge < -0.3 is 9.67 Å². The monoisotopic (exact) mass is 257 g/mol. The molecule has 0 saturated heterocycles. The molecule has 0 radical (unpaired) electrons. The predicted octanol–water partition coefficient (Wildman–Crippen LogP) is 2.11. The van der Waals surface area contributed by atoms with Crippen molar-refractivity contribution in [2.45, 2.75) is 13.2 Å². The van der Waals surface area contributed by atoms with Gasteiger partial charge >= 0.3 is 0 Å². The lowest BCUT2D eigenvalue weighted by Crippen LogP contribution is -2.07. The second kappa shape index (κ2) is 4.78. The van der Waals surface area contributed by atoms with Gasteiger partial charge in [-0.3, -0.25) is 0 Å². The molecule has 0 fully saturated rings. The minimum absolute atomic E-state index is 0.204. The number of halogens is 1. The van der Waals surface area contributed by atoms with Crippen molar-refractivity contribution in [3.05, 3.63) is 59.8 Å². The second-order valence-electron chi connectivity index (χ2n) is 4.21. The lowest BCUT2D eigenvalue weighted by Gasteiger charge is -2.08. The number of rotatable bonds is 3. The van der Waals surface area contributed by atoms with Gasteiger partial charge in [0.1, 0.15) is 23.8 Å². The van der Waals surface area contributed by atoms with Crippen LogP contribution in [-0.4, -0.2) is 19.6 Å². The van der Waals surface area contributed by atoms with E-state index in [1.165, 1.54) is 6.07 Å². The molecule has 96 valence electrons. The lowest BCUT2D eigenvalue weighted by molar-refractivity contribution is 0.266. The Kier molecular flexibility index (Phi) is 2.97. The van der Waals surface area contributed by atoms with Gasteiger partial charge in [0.25, 0.3) is 0 Å². The van der Waals surface area contributed by atoms with E-state index in [0.29, 0.717) is 29.1 Å². The third-order valence-corrected chi connectivity index (χ3v) is 3.01. The Morgan fingerprint density at radius 1 is 1.16 bits per heavy atom. The summed E-state index contributed by atoms with van der Waals surface area (Å²) in [6.45, 7) is 0.0981. The number of pyridine rings is 1. The summed E-state index contributed by atoms with van der Waals surface area (Å²) in [4.78, 5) is 8.53. The first-order valence-corrected chi connectivity index (χ1v) is 5.94. The fourth-order valence-corrected chi connectivity index (χ4v) is 2.09. The van der Waals surface area contributed by atoms with Crippen molar-refractivity contribution in [1.82, 2.24) is 14.5 Å².